The van der Waals surface area contributed by atoms with Gasteiger partial charge in [0.1, 0.15) is 12.4 Å². The van der Waals surface area contributed by atoms with Gasteiger partial charge < -0.3 is 10.5 Å². The van der Waals surface area contributed by atoms with E-state index in [1.54, 1.807) is 0 Å². The van der Waals surface area contributed by atoms with Gasteiger partial charge in [0, 0.05) is 6.54 Å². The highest BCUT2D eigenvalue weighted by atomic mass is 16.5. The molecule has 0 radical (unpaired) electrons. The molecule has 0 unspecified atom stereocenters. The highest BCUT2D eigenvalue weighted by Gasteiger charge is 2.03. The Kier molecular flexibility index (Phi) is 4.00. The lowest BCUT2D eigenvalue weighted by molar-refractivity contribution is 0.302. The van der Waals surface area contributed by atoms with Crippen molar-refractivity contribution >= 4 is 0 Å². The number of ether oxygens (including phenoxy) is 1. The summed E-state index contributed by atoms with van der Waals surface area (Å²) in [4.78, 5) is 0. The molecular weight excluding hydrogens is 222 g/mol. The van der Waals surface area contributed by atoms with E-state index in [4.69, 9.17) is 10.5 Å². The van der Waals surface area contributed by atoms with E-state index in [2.05, 4.69) is 38.1 Å². The summed E-state index contributed by atoms with van der Waals surface area (Å²) in [5, 5.41) is 0. The van der Waals surface area contributed by atoms with Crippen LogP contribution in [0.4, 0.5) is 0 Å². The van der Waals surface area contributed by atoms with Crippen molar-refractivity contribution in [3.8, 4) is 5.75 Å². The second-order valence-electron chi connectivity index (χ2n) is 4.53. The maximum atomic E-state index is 5.89. The van der Waals surface area contributed by atoms with Gasteiger partial charge >= 0.3 is 0 Å². The molecule has 2 N–H and O–H groups in total. The van der Waals surface area contributed by atoms with Gasteiger partial charge in [-0.15, -0.1) is 0 Å². The number of rotatable bonds is 4. The average molecular weight is 241 g/mol. The number of aryl methyl sites for hydroxylation is 2. The molecule has 0 aliphatic heterocycles. The Morgan fingerprint density at radius 2 is 1.72 bits per heavy atom. The third-order valence-corrected chi connectivity index (χ3v) is 3.07. The van der Waals surface area contributed by atoms with Gasteiger partial charge in [-0.1, -0.05) is 36.4 Å². The molecule has 0 atom stereocenters. The van der Waals surface area contributed by atoms with Crippen LogP contribution in [0, 0.1) is 13.8 Å². The van der Waals surface area contributed by atoms with Crippen LogP contribution in [0.2, 0.25) is 0 Å². The standard InChI is InChI=1S/C16H19NO/c1-12-7-8-13(2)16(9-12)18-11-15-6-4-3-5-14(15)10-17/h3-9H,10-11,17H2,1-2H3. The Morgan fingerprint density at radius 1 is 1.00 bits per heavy atom. The molecule has 0 heterocycles. The summed E-state index contributed by atoms with van der Waals surface area (Å²) in [6.07, 6.45) is 0. The van der Waals surface area contributed by atoms with Gasteiger partial charge in [-0.05, 0) is 42.2 Å². The molecule has 0 aliphatic carbocycles. The van der Waals surface area contributed by atoms with Gasteiger partial charge in [0.05, 0.1) is 0 Å². The molecule has 18 heavy (non-hydrogen) atoms. The largest absolute Gasteiger partial charge is 0.489 e. The highest BCUT2D eigenvalue weighted by molar-refractivity contribution is 5.36. The minimum atomic E-state index is 0.548. The van der Waals surface area contributed by atoms with Gasteiger partial charge in [0.25, 0.3) is 0 Å². The first-order chi connectivity index (χ1) is 8.70. The second kappa shape index (κ2) is 5.69. The zero-order chi connectivity index (χ0) is 13.0. The van der Waals surface area contributed by atoms with E-state index < -0.39 is 0 Å². The fourth-order valence-electron chi connectivity index (χ4n) is 1.92. The quantitative estimate of drug-likeness (QED) is 0.891. The molecule has 2 nitrogen and oxygen atoms in total. The van der Waals surface area contributed by atoms with Crippen molar-refractivity contribution in [1.82, 2.24) is 0 Å². The Bertz CT molecular complexity index is 534. The summed E-state index contributed by atoms with van der Waals surface area (Å²) in [6, 6.07) is 14.4. The average Bonchev–Trinajstić information content (AvgIpc) is 2.40. The van der Waals surface area contributed by atoms with E-state index in [0.717, 1.165) is 22.4 Å². The molecule has 0 spiro atoms. The molecule has 0 aliphatic rings. The third-order valence-electron chi connectivity index (χ3n) is 3.07. The predicted molar refractivity (Wildman–Crippen MR) is 74.6 cm³/mol. The van der Waals surface area contributed by atoms with Crippen LogP contribution < -0.4 is 10.5 Å². The van der Waals surface area contributed by atoms with Crippen molar-refractivity contribution in [2.24, 2.45) is 5.73 Å². The summed E-state index contributed by atoms with van der Waals surface area (Å²) in [5.74, 6) is 0.946. The van der Waals surface area contributed by atoms with Crippen LogP contribution in [0.1, 0.15) is 22.3 Å². The normalized spacial score (nSPS) is 10.4. The van der Waals surface area contributed by atoms with Gasteiger partial charge in [-0.3, -0.25) is 0 Å². The Morgan fingerprint density at radius 3 is 2.44 bits per heavy atom. The van der Waals surface area contributed by atoms with E-state index >= 15 is 0 Å². The minimum absolute atomic E-state index is 0.548. The summed E-state index contributed by atoms with van der Waals surface area (Å²) >= 11 is 0. The Balaban J connectivity index is 2.14. The maximum absolute atomic E-state index is 5.89. The molecule has 2 aromatic carbocycles. The lowest BCUT2D eigenvalue weighted by Gasteiger charge is -2.12. The van der Waals surface area contributed by atoms with Crippen molar-refractivity contribution in [2.75, 3.05) is 0 Å². The van der Waals surface area contributed by atoms with E-state index in [-0.39, 0.29) is 0 Å². The number of benzene rings is 2. The lowest BCUT2D eigenvalue weighted by atomic mass is 10.1. The van der Waals surface area contributed by atoms with Gasteiger partial charge in [0.2, 0.25) is 0 Å². The third kappa shape index (κ3) is 2.90. The van der Waals surface area contributed by atoms with Crippen molar-refractivity contribution in [2.45, 2.75) is 27.0 Å². The molecular formula is C16H19NO. The molecule has 2 rings (SSSR count). The zero-order valence-electron chi connectivity index (χ0n) is 10.9. The first kappa shape index (κ1) is 12.7. The SMILES string of the molecule is Cc1ccc(C)c(OCc2ccccc2CN)c1. The van der Waals surface area contributed by atoms with E-state index in [9.17, 15) is 0 Å². The van der Waals surface area contributed by atoms with Gasteiger partial charge in [-0.25, -0.2) is 0 Å². The molecule has 0 saturated carbocycles. The topological polar surface area (TPSA) is 35.2 Å². The molecule has 2 heteroatoms. The smallest absolute Gasteiger partial charge is 0.122 e. The van der Waals surface area contributed by atoms with Crippen LogP contribution in [0.25, 0.3) is 0 Å². The van der Waals surface area contributed by atoms with Crippen LogP contribution in [0.5, 0.6) is 5.75 Å². The highest BCUT2D eigenvalue weighted by Crippen LogP contribution is 2.21. The van der Waals surface area contributed by atoms with Crippen LogP contribution in [0.15, 0.2) is 42.5 Å². The molecule has 0 bridgehead atoms. The number of hydrogen-bond donors (Lipinski definition) is 1. The van der Waals surface area contributed by atoms with Crippen molar-refractivity contribution in [1.29, 1.82) is 0 Å². The molecule has 0 saturated heterocycles. The minimum Gasteiger partial charge on any atom is -0.489 e. The fraction of sp³-hybridized carbons (Fsp3) is 0.250. The first-order valence-corrected chi connectivity index (χ1v) is 6.17. The maximum Gasteiger partial charge on any atom is 0.122 e. The number of hydrogen-bond acceptors (Lipinski definition) is 2. The summed E-state index contributed by atoms with van der Waals surface area (Å²) in [6.45, 7) is 5.24. The first-order valence-electron chi connectivity index (χ1n) is 6.17. The van der Waals surface area contributed by atoms with Gasteiger partial charge in [0.15, 0.2) is 0 Å². The molecule has 0 aromatic heterocycles. The number of nitrogens with two attached hydrogens (primary N) is 1. The van der Waals surface area contributed by atoms with Gasteiger partial charge in [-0.2, -0.15) is 0 Å². The molecule has 2 aromatic rings. The monoisotopic (exact) mass is 241 g/mol. The van der Waals surface area contributed by atoms with Crippen LogP contribution >= 0.6 is 0 Å². The van der Waals surface area contributed by atoms with E-state index in [0.29, 0.717) is 13.2 Å². The fourth-order valence-corrected chi connectivity index (χ4v) is 1.92. The van der Waals surface area contributed by atoms with Crippen molar-refractivity contribution in [3.63, 3.8) is 0 Å². The summed E-state index contributed by atoms with van der Waals surface area (Å²) < 4.78 is 5.89. The summed E-state index contributed by atoms with van der Waals surface area (Å²) in [5.41, 5.74) is 10.4. The van der Waals surface area contributed by atoms with E-state index in [1.807, 2.05) is 18.2 Å². The van der Waals surface area contributed by atoms with Crippen LogP contribution in [-0.4, -0.2) is 0 Å². The molecule has 0 amide bonds. The zero-order valence-corrected chi connectivity index (χ0v) is 10.9. The second-order valence-corrected chi connectivity index (χ2v) is 4.53. The van der Waals surface area contributed by atoms with E-state index in [1.165, 1.54) is 5.56 Å². The van der Waals surface area contributed by atoms with Crippen LogP contribution in [0.3, 0.4) is 0 Å². The predicted octanol–water partition coefficient (Wildman–Crippen LogP) is 3.34. The van der Waals surface area contributed by atoms with Crippen molar-refractivity contribution < 1.29 is 4.74 Å². The Labute approximate surface area is 108 Å². The molecule has 0 fully saturated rings. The molecule has 94 valence electrons. The summed E-state index contributed by atoms with van der Waals surface area (Å²) in [7, 11) is 0. The van der Waals surface area contributed by atoms with Crippen LogP contribution in [-0.2, 0) is 13.2 Å². The lowest BCUT2D eigenvalue weighted by Crippen LogP contribution is -2.05. The van der Waals surface area contributed by atoms with Crippen molar-refractivity contribution in [3.05, 3.63) is 64.7 Å². The Hall–Kier alpha value is -1.80.